The highest BCUT2D eigenvalue weighted by atomic mass is 15.3. The lowest BCUT2D eigenvalue weighted by Crippen LogP contribution is -2.49. The molecule has 0 bridgehead atoms. The molecule has 1 spiro atoms. The van der Waals surface area contributed by atoms with Gasteiger partial charge in [0.2, 0.25) is 0 Å². The third kappa shape index (κ3) is 2.54. The first kappa shape index (κ1) is 13.4. The summed E-state index contributed by atoms with van der Waals surface area (Å²) in [5, 5.41) is 0. The van der Waals surface area contributed by atoms with E-state index in [0.29, 0.717) is 16.4 Å². The predicted molar refractivity (Wildman–Crippen MR) is 75.2 cm³/mol. The highest BCUT2D eigenvalue weighted by Crippen LogP contribution is 2.52. The molecule has 1 heterocycles. The van der Waals surface area contributed by atoms with Crippen LogP contribution in [0, 0.1) is 10.8 Å². The lowest BCUT2D eigenvalue weighted by atomic mass is 9.77. The van der Waals surface area contributed by atoms with E-state index >= 15 is 0 Å². The minimum Gasteiger partial charge on any atom is -0.294 e. The summed E-state index contributed by atoms with van der Waals surface area (Å²) in [5.41, 5.74) is 1.41. The SMILES string of the molecule is CC(C)(C)C1CC2(CCCC2)CN1C(C)(C)C. The number of rotatable bonds is 0. The maximum atomic E-state index is 2.80. The van der Waals surface area contributed by atoms with Gasteiger partial charge in [-0.25, -0.2) is 0 Å². The molecule has 1 atom stereocenters. The van der Waals surface area contributed by atoms with E-state index in [1.165, 1.54) is 38.6 Å². The molecule has 1 nitrogen and oxygen atoms in total. The topological polar surface area (TPSA) is 3.24 Å². The molecule has 1 saturated heterocycles. The molecule has 1 heteroatoms. The van der Waals surface area contributed by atoms with Gasteiger partial charge < -0.3 is 0 Å². The second-order valence-electron chi connectivity index (χ2n) is 8.59. The Balaban J connectivity index is 2.24. The van der Waals surface area contributed by atoms with Gasteiger partial charge in [0.1, 0.15) is 0 Å². The normalized spacial score (nSPS) is 30.4. The summed E-state index contributed by atoms with van der Waals surface area (Å²) < 4.78 is 0. The first-order chi connectivity index (χ1) is 7.64. The summed E-state index contributed by atoms with van der Waals surface area (Å²) in [7, 11) is 0. The molecule has 1 aliphatic carbocycles. The minimum atomic E-state index is 0.323. The lowest BCUT2D eigenvalue weighted by Gasteiger charge is -2.43. The van der Waals surface area contributed by atoms with Gasteiger partial charge in [-0.05, 0) is 50.9 Å². The average Bonchev–Trinajstić information content (AvgIpc) is 2.72. The molecule has 0 aromatic rings. The summed E-state index contributed by atoms with van der Waals surface area (Å²) in [6.07, 6.45) is 7.33. The second-order valence-corrected chi connectivity index (χ2v) is 8.59. The largest absolute Gasteiger partial charge is 0.294 e. The Morgan fingerprint density at radius 1 is 0.941 bits per heavy atom. The van der Waals surface area contributed by atoms with Gasteiger partial charge in [0.25, 0.3) is 0 Å². The number of hydrogen-bond acceptors (Lipinski definition) is 1. The van der Waals surface area contributed by atoms with Crippen LogP contribution in [0.25, 0.3) is 0 Å². The fraction of sp³-hybridized carbons (Fsp3) is 1.00. The molecule has 2 aliphatic rings. The predicted octanol–water partition coefficient (Wildman–Crippen LogP) is 4.47. The van der Waals surface area contributed by atoms with E-state index < -0.39 is 0 Å². The van der Waals surface area contributed by atoms with Crippen LogP contribution in [-0.2, 0) is 0 Å². The number of likely N-dealkylation sites (tertiary alicyclic amines) is 1. The van der Waals surface area contributed by atoms with E-state index in [9.17, 15) is 0 Å². The van der Waals surface area contributed by atoms with Crippen LogP contribution in [0.3, 0.4) is 0 Å². The first-order valence-corrected chi connectivity index (χ1v) is 7.41. The summed E-state index contributed by atoms with van der Waals surface area (Å²) in [6, 6.07) is 0.764. The maximum absolute atomic E-state index is 2.80. The van der Waals surface area contributed by atoms with Crippen molar-refractivity contribution in [3.63, 3.8) is 0 Å². The van der Waals surface area contributed by atoms with E-state index in [1.807, 2.05) is 0 Å². The van der Waals surface area contributed by atoms with Crippen LogP contribution in [0.2, 0.25) is 0 Å². The fourth-order valence-corrected chi connectivity index (χ4v) is 4.02. The minimum absolute atomic E-state index is 0.323. The smallest absolute Gasteiger partial charge is 0.0155 e. The Labute approximate surface area is 108 Å². The molecule has 0 N–H and O–H groups in total. The van der Waals surface area contributed by atoms with E-state index in [-0.39, 0.29) is 0 Å². The molecular formula is C16H31N. The quantitative estimate of drug-likeness (QED) is 0.601. The van der Waals surface area contributed by atoms with Crippen LogP contribution in [0.15, 0.2) is 0 Å². The monoisotopic (exact) mass is 237 g/mol. The lowest BCUT2D eigenvalue weighted by molar-refractivity contribution is 0.0557. The van der Waals surface area contributed by atoms with Crippen LogP contribution < -0.4 is 0 Å². The van der Waals surface area contributed by atoms with Gasteiger partial charge in [-0.2, -0.15) is 0 Å². The van der Waals surface area contributed by atoms with Crippen LogP contribution >= 0.6 is 0 Å². The molecule has 17 heavy (non-hydrogen) atoms. The second kappa shape index (κ2) is 3.98. The maximum Gasteiger partial charge on any atom is 0.0155 e. The standard InChI is InChI=1S/C16H31N/c1-14(2,3)13-11-16(9-7-8-10-16)12-17(13)15(4,5)6/h13H,7-12H2,1-6H3. The molecule has 1 aliphatic heterocycles. The van der Waals surface area contributed by atoms with Gasteiger partial charge in [-0.3, -0.25) is 4.90 Å². The van der Waals surface area contributed by atoms with E-state index in [0.717, 1.165) is 6.04 Å². The van der Waals surface area contributed by atoms with Crippen LogP contribution in [0.1, 0.15) is 73.6 Å². The Bertz CT molecular complexity index is 249. The van der Waals surface area contributed by atoms with Crippen molar-refractivity contribution in [1.29, 1.82) is 0 Å². The van der Waals surface area contributed by atoms with Crippen molar-refractivity contribution in [3.05, 3.63) is 0 Å². The average molecular weight is 237 g/mol. The Morgan fingerprint density at radius 2 is 1.47 bits per heavy atom. The van der Waals surface area contributed by atoms with Gasteiger partial charge in [-0.15, -0.1) is 0 Å². The van der Waals surface area contributed by atoms with E-state index in [1.54, 1.807) is 0 Å². The molecule has 0 amide bonds. The highest BCUT2D eigenvalue weighted by molar-refractivity contribution is 5.04. The Hall–Kier alpha value is -0.0400. The zero-order chi connectivity index (χ0) is 12.9. The molecule has 2 fully saturated rings. The molecule has 0 aromatic carbocycles. The van der Waals surface area contributed by atoms with Crippen molar-refractivity contribution < 1.29 is 0 Å². The van der Waals surface area contributed by atoms with Gasteiger partial charge in [0.05, 0.1) is 0 Å². The summed E-state index contributed by atoms with van der Waals surface area (Å²) in [6.45, 7) is 15.8. The van der Waals surface area contributed by atoms with Crippen molar-refractivity contribution in [3.8, 4) is 0 Å². The fourth-order valence-electron chi connectivity index (χ4n) is 4.02. The molecular weight excluding hydrogens is 206 g/mol. The van der Waals surface area contributed by atoms with Crippen molar-refractivity contribution in [2.45, 2.75) is 85.2 Å². The molecule has 1 unspecified atom stereocenters. The summed E-state index contributed by atoms with van der Waals surface area (Å²) >= 11 is 0. The Kier molecular flexibility index (Phi) is 3.14. The molecule has 0 aromatic heterocycles. The van der Waals surface area contributed by atoms with Crippen molar-refractivity contribution >= 4 is 0 Å². The first-order valence-electron chi connectivity index (χ1n) is 7.41. The van der Waals surface area contributed by atoms with Crippen LogP contribution in [0.5, 0.6) is 0 Å². The third-order valence-corrected chi connectivity index (χ3v) is 5.03. The molecule has 2 rings (SSSR count). The van der Waals surface area contributed by atoms with Crippen LogP contribution in [0.4, 0.5) is 0 Å². The zero-order valence-electron chi connectivity index (χ0n) is 12.8. The zero-order valence-corrected chi connectivity index (χ0v) is 12.8. The van der Waals surface area contributed by atoms with Crippen molar-refractivity contribution in [1.82, 2.24) is 4.90 Å². The summed E-state index contributed by atoms with van der Waals surface area (Å²) in [5.74, 6) is 0. The number of hydrogen-bond donors (Lipinski definition) is 0. The van der Waals surface area contributed by atoms with Gasteiger partial charge >= 0.3 is 0 Å². The molecule has 100 valence electrons. The van der Waals surface area contributed by atoms with Crippen molar-refractivity contribution in [2.75, 3.05) is 6.54 Å². The van der Waals surface area contributed by atoms with Crippen LogP contribution in [-0.4, -0.2) is 23.0 Å². The van der Waals surface area contributed by atoms with E-state index in [4.69, 9.17) is 0 Å². The summed E-state index contributed by atoms with van der Waals surface area (Å²) in [4.78, 5) is 2.80. The molecule has 1 saturated carbocycles. The van der Waals surface area contributed by atoms with E-state index in [2.05, 4.69) is 46.4 Å². The highest BCUT2D eigenvalue weighted by Gasteiger charge is 2.51. The van der Waals surface area contributed by atoms with Gasteiger partial charge in [0.15, 0.2) is 0 Å². The van der Waals surface area contributed by atoms with Gasteiger partial charge in [0, 0.05) is 18.1 Å². The number of nitrogens with zero attached hydrogens (tertiary/aromatic N) is 1. The third-order valence-electron chi connectivity index (χ3n) is 5.03. The van der Waals surface area contributed by atoms with Gasteiger partial charge in [-0.1, -0.05) is 33.6 Å². The molecule has 0 radical (unpaired) electrons. The Morgan fingerprint density at radius 3 is 1.82 bits per heavy atom. The van der Waals surface area contributed by atoms with Crippen molar-refractivity contribution in [2.24, 2.45) is 10.8 Å².